The molecule has 1 unspecified atom stereocenters. The monoisotopic (exact) mass is 248 g/mol. The van der Waals surface area contributed by atoms with Gasteiger partial charge < -0.3 is 9.73 Å². The van der Waals surface area contributed by atoms with Gasteiger partial charge in [0.25, 0.3) is 0 Å². The second kappa shape index (κ2) is 5.48. The summed E-state index contributed by atoms with van der Waals surface area (Å²) in [5.41, 5.74) is 0. The average Bonchev–Trinajstić information content (AvgIpc) is 2.97. The van der Waals surface area contributed by atoms with E-state index in [1.54, 1.807) is 11.0 Å². The van der Waals surface area contributed by atoms with Gasteiger partial charge in [-0.05, 0) is 26.0 Å². The van der Waals surface area contributed by atoms with Gasteiger partial charge in [-0.3, -0.25) is 9.48 Å². The summed E-state index contributed by atoms with van der Waals surface area (Å²) in [7, 11) is 0. The van der Waals surface area contributed by atoms with Crippen LogP contribution in [0.25, 0.3) is 0 Å². The molecule has 0 saturated heterocycles. The molecule has 0 aliphatic heterocycles. The first kappa shape index (κ1) is 12.3. The van der Waals surface area contributed by atoms with Crippen molar-refractivity contribution in [3.63, 3.8) is 0 Å². The largest absolute Gasteiger partial charge is 0.464 e. The highest BCUT2D eigenvalue weighted by molar-refractivity contribution is 5.76. The number of rotatable bonds is 5. The lowest BCUT2D eigenvalue weighted by molar-refractivity contribution is -0.122. The lowest BCUT2D eigenvalue weighted by atomic mass is 10.2. The predicted octanol–water partition coefficient (Wildman–Crippen LogP) is 1.45. The topological polar surface area (TPSA) is 73.0 Å². The lowest BCUT2D eigenvalue weighted by Crippen LogP contribution is -2.27. The number of amides is 1. The molecule has 0 aliphatic rings. The van der Waals surface area contributed by atoms with Crippen LogP contribution in [-0.4, -0.2) is 20.7 Å². The second-order valence-electron chi connectivity index (χ2n) is 4.15. The zero-order chi connectivity index (χ0) is 13.0. The molecule has 2 aromatic heterocycles. The third-order valence-electron chi connectivity index (χ3n) is 2.60. The molecule has 0 aromatic carbocycles. The summed E-state index contributed by atoms with van der Waals surface area (Å²) >= 11 is 0. The number of aromatic nitrogens is 3. The van der Waals surface area contributed by atoms with Crippen LogP contribution >= 0.6 is 0 Å². The molecular weight excluding hydrogens is 232 g/mol. The van der Waals surface area contributed by atoms with Crippen LogP contribution in [-0.2, 0) is 11.3 Å². The van der Waals surface area contributed by atoms with E-state index in [2.05, 4.69) is 15.4 Å². The van der Waals surface area contributed by atoms with E-state index < -0.39 is 0 Å². The van der Waals surface area contributed by atoms with Gasteiger partial charge in [0.2, 0.25) is 5.91 Å². The van der Waals surface area contributed by atoms with Crippen LogP contribution in [0.15, 0.2) is 29.2 Å². The van der Waals surface area contributed by atoms with Crippen molar-refractivity contribution in [1.29, 1.82) is 0 Å². The summed E-state index contributed by atoms with van der Waals surface area (Å²) in [6.07, 6.45) is 3.41. The summed E-state index contributed by atoms with van der Waals surface area (Å²) < 4.78 is 7.08. The lowest BCUT2D eigenvalue weighted by Gasteiger charge is -2.11. The van der Waals surface area contributed by atoms with E-state index in [1.807, 2.05) is 26.0 Å². The summed E-state index contributed by atoms with van der Waals surface area (Å²) in [6.45, 7) is 4.30. The van der Waals surface area contributed by atoms with Crippen molar-refractivity contribution in [2.24, 2.45) is 0 Å². The highest BCUT2D eigenvalue weighted by Crippen LogP contribution is 2.15. The molecule has 1 amide bonds. The normalized spacial score (nSPS) is 12.3. The van der Waals surface area contributed by atoms with Crippen LogP contribution in [0.5, 0.6) is 0 Å². The van der Waals surface area contributed by atoms with Crippen LogP contribution in [0.1, 0.15) is 30.9 Å². The zero-order valence-corrected chi connectivity index (χ0v) is 10.5. The SMILES string of the molecule is Cc1ccc(C(C)NC(=O)CCn2cncn2)o1. The molecule has 1 atom stereocenters. The fourth-order valence-corrected chi connectivity index (χ4v) is 1.64. The van der Waals surface area contributed by atoms with E-state index in [0.29, 0.717) is 13.0 Å². The fourth-order valence-electron chi connectivity index (χ4n) is 1.64. The molecule has 18 heavy (non-hydrogen) atoms. The van der Waals surface area contributed by atoms with Crippen LogP contribution in [0, 0.1) is 6.92 Å². The Kier molecular flexibility index (Phi) is 3.76. The number of aryl methyl sites for hydroxylation is 2. The Morgan fingerprint density at radius 3 is 3.00 bits per heavy atom. The smallest absolute Gasteiger partial charge is 0.222 e. The summed E-state index contributed by atoms with van der Waals surface area (Å²) in [4.78, 5) is 15.5. The summed E-state index contributed by atoms with van der Waals surface area (Å²) in [5.74, 6) is 1.57. The maximum Gasteiger partial charge on any atom is 0.222 e. The van der Waals surface area contributed by atoms with Crippen molar-refractivity contribution < 1.29 is 9.21 Å². The Morgan fingerprint density at radius 1 is 1.56 bits per heavy atom. The molecule has 0 aliphatic carbocycles. The van der Waals surface area contributed by atoms with Gasteiger partial charge in [-0.1, -0.05) is 0 Å². The van der Waals surface area contributed by atoms with Crippen LogP contribution in [0.3, 0.4) is 0 Å². The van der Waals surface area contributed by atoms with Gasteiger partial charge in [0.15, 0.2) is 0 Å². The van der Waals surface area contributed by atoms with Crippen molar-refractivity contribution in [3.8, 4) is 0 Å². The van der Waals surface area contributed by atoms with Gasteiger partial charge in [0.1, 0.15) is 24.2 Å². The second-order valence-corrected chi connectivity index (χ2v) is 4.15. The number of furan rings is 1. The van der Waals surface area contributed by atoms with Gasteiger partial charge >= 0.3 is 0 Å². The van der Waals surface area contributed by atoms with E-state index >= 15 is 0 Å². The minimum Gasteiger partial charge on any atom is -0.464 e. The predicted molar refractivity (Wildman–Crippen MR) is 64.6 cm³/mol. The van der Waals surface area contributed by atoms with E-state index in [0.717, 1.165) is 11.5 Å². The van der Waals surface area contributed by atoms with Crippen LogP contribution in [0.2, 0.25) is 0 Å². The fraction of sp³-hybridized carbons (Fsp3) is 0.417. The van der Waals surface area contributed by atoms with Gasteiger partial charge in [0.05, 0.1) is 12.6 Å². The average molecular weight is 248 g/mol. The first-order valence-corrected chi connectivity index (χ1v) is 5.83. The molecule has 0 bridgehead atoms. The standard InChI is InChI=1S/C12H16N4O2/c1-9-3-4-11(18-9)10(2)15-12(17)5-6-16-8-13-7-14-16/h3-4,7-8,10H,5-6H2,1-2H3,(H,15,17). The van der Waals surface area contributed by atoms with E-state index in [1.165, 1.54) is 6.33 Å². The highest BCUT2D eigenvalue weighted by atomic mass is 16.3. The van der Waals surface area contributed by atoms with Gasteiger partial charge in [-0.2, -0.15) is 5.10 Å². The molecular formula is C12H16N4O2. The Hall–Kier alpha value is -2.11. The maximum absolute atomic E-state index is 11.7. The Labute approximate surface area is 105 Å². The third kappa shape index (κ3) is 3.19. The van der Waals surface area contributed by atoms with Gasteiger partial charge in [0, 0.05) is 6.42 Å². The zero-order valence-electron chi connectivity index (χ0n) is 10.5. The van der Waals surface area contributed by atoms with Gasteiger partial charge in [-0.25, -0.2) is 4.98 Å². The highest BCUT2D eigenvalue weighted by Gasteiger charge is 2.12. The van der Waals surface area contributed by atoms with Crippen molar-refractivity contribution in [2.75, 3.05) is 0 Å². The van der Waals surface area contributed by atoms with Crippen molar-refractivity contribution in [2.45, 2.75) is 32.9 Å². The number of hydrogen-bond donors (Lipinski definition) is 1. The minimum atomic E-state index is -0.123. The van der Waals surface area contributed by atoms with E-state index in [-0.39, 0.29) is 11.9 Å². The van der Waals surface area contributed by atoms with E-state index in [4.69, 9.17) is 4.42 Å². The quantitative estimate of drug-likeness (QED) is 0.869. The first-order valence-electron chi connectivity index (χ1n) is 5.83. The molecule has 6 nitrogen and oxygen atoms in total. The Balaban J connectivity index is 1.80. The van der Waals surface area contributed by atoms with Crippen molar-refractivity contribution >= 4 is 5.91 Å². The molecule has 2 heterocycles. The molecule has 96 valence electrons. The number of nitrogens with one attached hydrogen (secondary N) is 1. The number of carbonyl (C=O) groups is 1. The summed E-state index contributed by atoms with van der Waals surface area (Å²) in [5, 5.41) is 6.81. The molecule has 0 saturated carbocycles. The minimum absolute atomic E-state index is 0.0351. The van der Waals surface area contributed by atoms with Gasteiger partial charge in [-0.15, -0.1) is 0 Å². The maximum atomic E-state index is 11.7. The molecule has 6 heteroatoms. The summed E-state index contributed by atoms with van der Waals surface area (Å²) in [6, 6.07) is 3.63. The molecule has 0 spiro atoms. The molecule has 1 N–H and O–H groups in total. The Morgan fingerprint density at radius 2 is 2.39 bits per heavy atom. The molecule has 0 fully saturated rings. The number of carbonyl (C=O) groups excluding carboxylic acids is 1. The molecule has 0 radical (unpaired) electrons. The van der Waals surface area contributed by atoms with Crippen molar-refractivity contribution in [3.05, 3.63) is 36.3 Å². The first-order chi connectivity index (χ1) is 8.65. The third-order valence-corrected chi connectivity index (χ3v) is 2.60. The molecule has 2 rings (SSSR count). The molecule has 2 aromatic rings. The van der Waals surface area contributed by atoms with Crippen LogP contribution < -0.4 is 5.32 Å². The van der Waals surface area contributed by atoms with Crippen molar-refractivity contribution in [1.82, 2.24) is 20.1 Å². The van der Waals surface area contributed by atoms with Crippen LogP contribution in [0.4, 0.5) is 0 Å². The van der Waals surface area contributed by atoms with E-state index in [9.17, 15) is 4.79 Å². The Bertz CT molecular complexity index is 504. The number of nitrogens with zero attached hydrogens (tertiary/aromatic N) is 3. The number of hydrogen-bond acceptors (Lipinski definition) is 4.